The van der Waals surface area contributed by atoms with E-state index in [-0.39, 0.29) is 18.0 Å². The highest BCUT2D eigenvalue weighted by Crippen LogP contribution is 2.41. The average molecular weight is 254 g/mol. The first-order chi connectivity index (χ1) is 8.53. The number of hydrogen-bond acceptors (Lipinski definition) is 4. The minimum absolute atomic E-state index is 0.0119. The number of ether oxygens (including phenoxy) is 3. The second-order valence-corrected chi connectivity index (χ2v) is 5.21. The van der Waals surface area contributed by atoms with Crippen molar-refractivity contribution in [3.05, 3.63) is 11.6 Å². The molecule has 4 nitrogen and oxygen atoms in total. The second-order valence-electron chi connectivity index (χ2n) is 5.21. The molecular formula is C14H22O4. The summed E-state index contributed by atoms with van der Waals surface area (Å²) in [6.07, 6.45) is 5.17. The summed E-state index contributed by atoms with van der Waals surface area (Å²) < 4.78 is 17.2. The minimum atomic E-state index is -0.591. The molecule has 18 heavy (non-hydrogen) atoms. The van der Waals surface area contributed by atoms with Crippen molar-refractivity contribution in [3.8, 4) is 0 Å². The van der Waals surface area contributed by atoms with Crippen molar-refractivity contribution in [2.24, 2.45) is 5.92 Å². The predicted octanol–water partition coefficient (Wildman–Crippen LogP) is 2.43. The number of carbonyl (C=O) groups is 1. The molecule has 2 rings (SSSR count). The zero-order chi connectivity index (χ0) is 13.2. The van der Waals surface area contributed by atoms with Crippen LogP contribution in [0.2, 0.25) is 0 Å². The Morgan fingerprint density at radius 2 is 2.33 bits per heavy atom. The van der Waals surface area contributed by atoms with E-state index in [0.29, 0.717) is 6.61 Å². The molecular weight excluding hydrogens is 232 g/mol. The van der Waals surface area contributed by atoms with E-state index >= 15 is 0 Å². The van der Waals surface area contributed by atoms with Crippen molar-refractivity contribution in [1.29, 1.82) is 0 Å². The van der Waals surface area contributed by atoms with Crippen LogP contribution in [-0.4, -0.2) is 31.1 Å². The van der Waals surface area contributed by atoms with Crippen LogP contribution < -0.4 is 0 Å². The third kappa shape index (κ3) is 2.75. The van der Waals surface area contributed by atoms with Crippen molar-refractivity contribution < 1.29 is 19.0 Å². The summed E-state index contributed by atoms with van der Waals surface area (Å²) in [4.78, 5) is 11.0. The molecule has 2 aliphatic rings. The lowest BCUT2D eigenvalue weighted by atomic mass is 9.84. The van der Waals surface area contributed by atoms with Gasteiger partial charge in [0.15, 0.2) is 5.79 Å². The van der Waals surface area contributed by atoms with Gasteiger partial charge in [-0.25, -0.2) is 0 Å². The third-order valence-corrected chi connectivity index (χ3v) is 3.68. The molecule has 1 fully saturated rings. The van der Waals surface area contributed by atoms with Crippen LogP contribution in [0.25, 0.3) is 0 Å². The average Bonchev–Trinajstić information content (AvgIpc) is 2.28. The van der Waals surface area contributed by atoms with Crippen molar-refractivity contribution in [3.63, 3.8) is 0 Å². The van der Waals surface area contributed by atoms with Gasteiger partial charge in [0.1, 0.15) is 6.61 Å². The molecule has 0 unspecified atom stereocenters. The fourth-order valence-corrected chi connectivity index (χ4v) is 2.88. The largest absolute Gasteiger partial charge is 0.465 e. The van der Waals surface area contributed by atoms with E-state index in [1.807, 2.05) is 6.92 Å². The maximum Gasteiger partial charge on any atom is 0.302 e. The topological polar surface area (TPSA) is 44.8 Å². The van der Waals surface area contributed by atoms with Crippen LogP contribution in [0.1, 0.15) is 40.0 Å². The first-order valence-corrected chi connectivity index (χ1v) is 6.67. The molecule has 0 aromatic carbocycles. The van der Waals surface area contributed by atoms with Crippen molar-refractivity contribution in [1.82, 2.24) is 0 Å². The van der Waals surface area contributed by atoms with Gasteiger partial charge in [-0.3, -0.25) is 4.79 Å². The first-order valence-electron chi connectivity index (χ1n) is 6.67. The van der Waals surface area contributed by atoms with Gasteiger partial charge < -0.3 is 14.2 Å². The molecule has 2 aliphatic heterocycles. The molecule has 3 atom stereocenters. The fraction of sp³-hybridized carbons (Fsp3) is 0.786. The molecule has 0 N–H and O–H groups in total. The minimum Gasteiger partial charge on any atom is -0.465 e. The Balaban J connectivity index is 2.18. The Morgan fingerprint density at radius 3 is 2.94 bits per heavy atom. The van der Waals surface area contributed by atoms with Gasteiger partial charge in [0.05, 0.1) is 18.6 Å². The third-order valence-electron chi connectivity index (χ3n) is 3.68. The highest BCUT2D eigenvalue weighted by atomic mass is 16.7. The standard InChI is InChI=1S/C14H22O4/c1-10-8-11(2)18-14(6-4-5-7-17-14)13(10)9-16-12(3)15/h8,11,13H,4-7,9H2,1-3H3/t11-,13+,14+/m0/s1. The Kier molecular flexibility index (Phi) is 4.07. The molecule has 4 heteroatoms. The summed E-state index contributed by atoms with van der Waals surface area (Å²) in [5.74, 6) is -0.836. The number of esters is 1. The number of hydrogen-bond donors (Lipinski definition) is 0. The van der Waals surface area contributed by atoms with E-state index in [0.717, 1.165) is 25.9 Å². The maximum absolute atomic E-state index is 11.0. The van der Waals surface area contributed by atoms with Gasteiger partial charge in [0.25, 0.3) is 0 Å². The van der Waals surface area contributed by atoms with Crippen LogP contribution in [0.4, 0.5) is 0 Å². The normalized spacial score (nSPS) is 36.3. The van der Waals surface area contributed by atoms with Crippen molar-refractivity contribution >= 4 is 5.97 Å². The van der Waals surface area contributed by atoms with E-state index in [9.17, 15) is 4.79 Å². The van der Waals surface area contributed by atoms with Gasteiger partial charge in [-0.2, -0.15) is 0 Å². The lowest BCUT2D eigenvalue weighted by Gasteiger charge is -2.46. The molecule has 1 saturated heterocycles. The van der Waals surface area contributed by atoms with Gasteiger partial charge in [0.2, 0.25) is 0 Å². The maximum atomic E-state index is 11.0. The SMILES string of the molecule is CC(=O)OC[C@@H]1C(C)=C[C@H](C)O[C@]12CCCCO2. The lowest BCUT2D eigenvalue weighted by Crippen LogP contribution is -2.52. The van der Waals surface area contributed by atoms with Crippen LogP contribution in [0.5, 0.6) is 0 Å². The summed E-state index contributed by atoms with van der Waals surface area (Å²) in [7, 11) is 0. The molecule has 0 aromatic heterocycles. The van der Waals surface area contributed by atoms with Crippen LogP contribution >= 0.6 is 0 Å². The molecule has 0 bridgehead atoms. The summed E-state index contributed by atoms with van der Waals surface area (Å²) in [5.41, 5.74) is 1.19. The van der Waals surface area contributed by atoms with Crippen molar-refractivity contribution in [2.45, 2.75) is 51.9 Å². The highest BCUT2D eigenvalue weighted by molar-refractivity contribution is 5.65. The highest BCUT2D eigenvalue weighted by Gasteiger charge is 2.47. The molecule has 1 spiro atoms. The Hall–Kier alpha value is -0.870. The smallest absolute Gasteiger partial charge is 0.302 e. The van der Waals surface area contributed by atoms with Crippen LogP contribution in [0.15, 0.2) is 11.6 Å². The van der Waals surface area contributed by atoms with Crippen molar-refractivity contribution in [2.75, 3.05) is 13.2 Å². The van der Waals surface area contributed by atoms with Gasteiger partial charge in [0, 0.05) is 13.3 Å². The van der Waals surface area contributed by atoms with Crippen LogP contribution in [-0.2, 0) is 19.0 Å². The molecule has 0 saturated carbocycles. The van der Waals surface area contributed by atoms with E-state index in [2.05, 4.69) is 13.0 Å². The lowest BCUT2D eigenvalue weighted by molar-refractivity contribution is -0.297. The van der Waals surface area contributed by atoms with E-state index in [1.165, 1.54) is 12.5 Å². The zero-order valence-electron chi connectivity index (χ0n) is 11.4. The molecule has 2 heterocycles. The monoisotopic (exact) mass is 254 g/mol. The zero-order valence-corrected chi connectivity index (χ0v) is 11.4. The molecule has 0 radical (unpaired) electrons. The Labute approximate surface area is 108 Å². The molecule has 102 valence electrons. The first kappa shape index (κ1) is 13.6. The summed E-state index contributed by atoms with van der Waals surface area (Å²) in [6.45, 7) is 6.57. The molecule has 0 aromatic rings. The second kappa shape index (κ2) is 5.41. The summed E-state index contributed by atoms with van der Waals surface area (Å²) in [6, 6.07) is 0. The molecule has 0 aliphatic carbocycles. The quantitative estimate of drug-likeness (QED) is 0.561. The van der Waals surface area contributed by atoms with Gasteiger partial charge >= 0.3 is 5.97 Å². The Morgan fingerprint density at radius 1 is 1.56 bits per heavy atom. The molecule has 0 amide bonds. The van der Waals surface area contributed by atoms with E-state index < -0.39 is 5.79 Å². The van der Waals surface area contributed by atoms with E-state index in [4.69, 9.17) is 14.2 Å². The predicted molar refractivity (Wildman–Crippen MR) is 67.0 cm³/mol. The van der Waals surface area contributed by atoms with Gasteiger partial charge in [-0.1, -0.05) is 11.6 Å². The van der Waals surface area contributed by atoms with E-state index in [1.54, 1.807) is 0 Å². The van der Waals surface area contributed by atoms with Gasteiger partial charge in [-0.05, 0) is 26.7 Å². The fourth-order valence-electron chi connectivity index (χ4n) is 2.88. The Bertz CT molecular complexity index is 342. The van der Waals surface area contributed by atoms with Crippen LogP contribution in [0.3, 0.4) is 0 Å². The number of rotatable bonds is 2. The van der Waals surface area contributed by atoms with Crippen LogP contribution in [0, 0.1) is 5.92 Å². The summed E-state index contributed by atoms with van der Waals surface area (Å²) in [5, 5.41) is 0. The van der Waals surface area contributed by atoms with Gasteiger partial charge in [-0.15, -0.1) is 0 Å². The number of carbonyl (C=O) groups excluding carboxylic acids is 1. The summed E-state index contributed by atoms with van der Waals surface area (Å²) >= 11 is 0.